The molecule has 1 aromatic heterocycles. The second-order valence-electron chi connectivity index (χ2n) is 8.95. The minimum absolute atomic E-state index is 0.0866. The van der Waals surface area contributed by atoms with Crippen molar-refractivity contribution in [2.24, 2.45) is 5.92 Å². The van der Waals surface area contributed by atoms with Crippen LogP contribution >= 0.6 is 11.3 Å². The zero-order chi connectivity index (χ0) is 23.5. The van der Waals surface area contributed by atoms with Gasteiger partial charge in [-0.1, -0.05) is 30.7 Å². The zero-order valence-corrected chi connectivity index (χ0v) is 19.7. The Morgan fingerprint density at radius 1 is 1.24 bits per heavy atom. The first-order valence-corrected chi connectivity index (χ1v) is 12.2. The van der Waals surface area contributed by atoms with Crippen molar-refractivity contribution in [1.82, 2.24) is 20.5 Å². The largest absolute Gasteiger partial charge is 0.391 e. The number of aliphatic hydroxyl groups is 1. The molecule has 2 aliphatic rings. The van der Waals surface area contributed by atoms with Crippen LogP contribution in [-0.2, 0) is 20.9 Å². The Kier molecular flexibility index (Phi) is 7.09. The third-order valence-corrected chi connectivity index (χ3v) is 7.52. The molecule has 2 aromatic rings. The average Bonchev–Trinajstić information content (AvgIpc) is 3.35. The molecule has 3 atom stereocenters. The lowest BCUT2D eigenvalue weighted by atomic mass is 9.79. The summed E-state index contributed by atoms with van der Waals surface area (Å²) in [5.41, 5.74) is 4.84. The smallest absolute Gasteiger partial charge is 0.246 e. The number of benzene rings is 1. The van der Waals surface area contributed by atoms with Crippen LogP contribution < -0.4 is 10.6 Å². The maximum absolute atomic E-state index is 13.2. The highest BCUT2D eigenvalue weighted by Gasteiger charge is 2.44. The van der Waals surface area contributed by atoms with Crippen molar-refractivity contribution in [3.63, 3.8) is 0 Å². The fourth-order valence-corrected chi connectivity index (χ4v) is 5.33. The van der Waals surface area contributed by atoms with Crippen molar-refractivity contribution in [3.05, 3.63) is 41.0 Å². The molecule has 0 bridgehead atoms. The van der Waals surface area contributed by atoms with Gasteiger partial charge >= 0.3 is 0 Å². The number of aryl methyl sites for hydroxylation is 1. The molecule has 8 nitrogen and oxygen atoms in total. The van der Waals surface area contributed by atoms with Gasteiger partial charge in [-0.15, -0.1) is 11.3 Å². The Balaban J connectivity index is 1.39. The molecule has 1 saturated carbocycles. The Morgan fingerprint density at radius 3 is 2.55 bits per heavy atom. The van der Waals surface area contributed by atoms with Crippen molar-refractivity contribution in [3.8, 4) is 10.4 Å². The van der Waals surface area contributed by atoms with E-state index in [9.17, 15) is 19.5 Å². The van der Waals surface area contributed by atoms with Crippen LogP contribution in [0.25, 0.3) is 10.4 Å². The summed E-state index contributed by atoms with van der Waals surface area (Å²) in [6.45, 7) is 3.80. The average molecular weight is 471 g/mol. The van der Waals surface area contributed by atoms with Gasteiger partial charge in [-0.3, -0.25) is 14.4 Å². The van der Waals surface area contributed by atoms with Gasteiger partial charge in [0, 0.05) is 26.4 Å². The minimum Gasteiger partial charge on any atom is -0.391 e. The van der Waals surface area contributed by atoms with E-state index in [-0.39, 0.29) is 36.6 Å². The first-order valence-electron chi connectivity index (χ1n) is 11.4. The van der Waals surface area contributed by atoms with E-state index < -0.39 is 18.2 Å². The maximum atomic E-state index is 13.2. The standard InChI is InChI=1S/C24H30N4O4S/c1-14-22(33-13-26-14)18-8-6-16(7-9-18)11-25-23(31)20-10-19(30)12-28(20)24(32)21(27-15(2)29)17-4-3-5-17/h6-9,13,17,19-21,30H,3-5,10-12H2,1-2H3,(H,25,31)(H,27,29)/t19-,20+,21+/m1/s1. The highest BCUT2D eigenvalue weighted by molar-refractivity contribution is 7.13. The molecule has 1 aliphatic carbocycles. The number of carbonyl (C=O) groups excluding carboxylic acids is 3. The molecule has 0 radical (unpaired) electrons. The number of nitrogens with zero attached hydrogens (tertiary/aromatic N) is 2. The number of aliphatic hydroxyl groups excluding tert-OH is 1. The summed E-state index contributed by atoms with van der Waals surface area (Å²) in [7, 11) is 0. The van der Waals surface area contributed by atoms with E-state index in [1.54, 1.807) is 11.3 Å². The van der Waals surface area contributed by atoms with Gasteiger partial charge in [0.2, 0.25) is 17.7 Å². The molecular weight excluding hydrogens is 440 g/mol. The van der Waals surface area contributed by atoms with Gasteiger partial charge in [0.25, 0.3) is 0 Å². The normalized spacial score (nSPS) is 21.4. The highest BCUT2D eigenvalue weighted by Crippen LogP contribution is 2.32. The SMILES string of the molecule is CC(=O)N[C@H](C(=O)N1C[C@H](O)C[C@H]1C(=O)NCc1ccc(-c2scnc2C)cc1)C1CCC1. The second kappa shape index (κ2) is 10.0. The van der Waals surface area contributed by atoms with E-state index in [1.165, 1.54) is 11.8 Å². The third-order valence-electron chi connectivity index (χ3n) is 6.54. The summed E-state index contributed by atoms with van der Waals surface area (Å²) in [6.07, 6.45) is 2.22. The van der Waals surface area contributed by atoms with Gasteiger partial charge in [0.05, 0.1) is 22.2 Å². The van der Waals surface area contributed by atoms with Crippen LogP contribution in [0.1, 0.15) is 43.9 Å². The summed E-state index contributed by atoms with van der Waals surface area (Å²) in [4.78, 5) is 44.7. The van der Waals surface area contributed by atoms with E-state index in [4.69, 9.17) is 0 Å². The first kappa shape index (κ1) is 23.4. The molecular formula is C24H30N4O4S. The van der Waals surface area contributed by atoms with E-state index in [1.807, 2.05) is 36.7 Å². The zero-order valence-electron chi connectivity index (χ0n) is 18.9. The van der Waals surface area contributed by atoms with Crippen LogP contribution in [0.5, 0.6) is 0 Å². The number of hydrogen-bond acceptors (Lipinski definition) is 6. The molecule has 9 heteroatoms. The summed E-state index contributed by atoms with van der Waals surface area (Å²) >= 11 is 1.59. The number of hydrogen-bond donors (Lipinski definition) is 3. The van der Waals surface area contributed by atoms with Crippen LogP contribution in [0.2, 0.25) is 0 Å². The van der Waals surface area contributed by atoms with E-state index >= 15 is 0 Å². The Hall–Kier alpha value is -2.78. The molecule has 0 spiro atoms. The number of amides is 3. The van der Waals surface area contributed by atoms with Gasteiger partial charge < -0.3 is 20.6 Å². The predicted molar refractivity (Wildman–Crippen MR) is 125 cm³/mol. The summed E-state index contributed by atoms with van der Waals surface area (Å²) < 4.78 is 0. The molecule has 1 aliphatic heterocycles. The third kappa shape index (κ3) is 5.25. The number of nitrogens with one attached hydrogen (secondary N) is 2. The van der Waals surface area contributed by atoms with Crippen LogP contribution in [-0.4, -0.2) is 57.4 Å². The second-order valence-corrected chi connectivity index (χ2v) is 9.80. The maximum Gasteiger partial charge on any atom is 0.246 e. The number of carbonyl (C=O) groups is 3. The number of β-amino-alcohol motifs (C(OH)–C–C–N with tert-alkyl or cyclic N) is 1. The van der Waals surface area contributed by atoms with Crippen molar-refractivity contribution < 1.29 is 19.5 Å². The summed E-state index contributed by atoms with van der Waals surface area (Å²) in [6, 6.07) is 6.55. The monoisotopic (exact) mass is 470 g/mol. The van der Waals surface area contributed by atoms with Crippen molar-refractivity contribution in [2.45, 2.75) is 64.3 Å². The summed E-state index contributed by atoms with van der Waals surface area (Å²) in [5.74, 6) is -0.755. The van der Waals surface area contributed by atoms with Gasteiger partial charge in [-0.05, 0) is 36.8 Å². The molecule has 1 saturated heterocycles. The molecule has 3 N–H and O–H groups in total. The van der Waals surface area contributed by atoms with Crippen LogP contribution in [0, 0.1) is 12.8 Å². The Morgan fingerprint density at radius 2 is 1.97 bits per heavy atom. The van der Waals surface area contributed by atoms with Crippen molar-refractivity contribution >= 4 is 29.1 Å². The number of aromatic nitrogens is 1. The lowest BCUT2D eigenvalue weighted by molar-refractivity contribution is -0.143. The molecule has 3 amide bonds. The van der Waals surface area contributed by atoms with Gasteiger partial charge in [-0.2, -0.15) is 0 Å². The molecule has 0 unspecified atom stereocenters. The minimum atomic E-state index is -0.758. The molecule has 4 rings (SSSR count). The Labute approximate surface area is 197 Å². The fraction of sp³-hybridized carbons (Fsp3) is 0.500. The predicted octanol–water partition coefficient (Wildman–Crippen LogP) is 2.00. The van der Waals surface area contributed by atoms with E-state index in [0.29, 0.717) is 6.54 Å². The lowest BCUT2D eigenvalue weighted by Gasteiger charge is -2.36. The van der Waals surface area contributed by atoms with Crippen molar-refractivity contribution in [2.75, 3.05) is 6.54 Å². The lowest BCUT2D eigenvalue weighted by Crippen LogP contribution is -2.56. The molecule has 1 aromatic carbocycles. The molecule has 2 heterocycles. The Bertz CT molecular complexity index is 1020. The van der Waals surface area contributed by atoms with Crippen LogP contribution in [0.4, 0.5) is 0 Å². The van der Waals surface area contributed by atoms with Gasteiger partial charge in [-0.25, -0.2) is 4.98 Å². The molecule has 176 valence electrons. The molecule has 2 fully saturated rings. The van der Waals surface area contributed by atoms with E-state index in [2.05, 4.69) is 15.6 Å². The van der Waals surface area contributed by atoms with Crippen LogP contribution in [0.15, 0.2) is 29.8 Å². The van der Waals surface area contributed by atoms with Gasteiger partial charge in [0.1, 0.15) is 12.1 Å². The molecule has 33 heavy (non-hydrogen) atoms. The highest BCUT2D eigenvalue weighted by atomic mass is 32.1. The van der Waals surface area contributed by atoms with Crippen molar-refractivity contribution in [1.29, 1.82) is 0 Å². The quantitative estimate of drug-likeness (QED) is 0.573. The topological polar surface area (TPSA) is 112 Å². The number of likely N-dealkylation sites (tertiary alicyclic amines) is 1. The van der Waals surface area contributed by atoms with E-state index in [0.717, 1.165) is 41.0 Å². The van der Waals surface area contributed by atoms with Crippen LogP contribution in [0.3, 0.4) is 0 Å². The summed E-state index contributed by atoms with van der Waals surface area (Å²) in [5, 5.41) is 15.9. The first-order chi connectivity index (χ1) is 15.8. The van der Waals surface area contributed by atoms with Gasteiger partial charge in [0.15, 0.2) is 0 Å². The fourth-order valence-electron chi connectivity index (χ4n) is 4.52. The number of rotatable bonds is 7. The number of thiazole rings is 1.